The number of rotatable bonds is 5. The molecule has 0 aromatic carbocycles. The number of aryl methyl sites for hydroxylation is 1. The largest absolute Gasteiger partial charge is 0.481 e. The molecule has 1 amide bonds. The van der Waals surface area contributed by atoms with Crippen molar-refractivity contribution in [3.05, 3.63) is 41.0 Å². The summed E-state index contributed by atoms with van der Waals surface area (Å²) < 4.78 is 6.97. The van der Waals surface area contributed by atoms with Gasteiger partial charge in [-0.1, -0.05) is 5.16 Å². The monoisotopic (exact) mass is 493 g/mol. The molecule has 184 valence electrons. The van der Waals surface area contributed by atoms with Gasteiger partial charge in [0.15, 0.2) is 11.0 Å². The van der Waals surface area contributed by atoms with E-state index in [9.17, 15) is 4.79 Å². The number of nitrogens with one attached hydrogen (secondary N) is 1. The van der Waals surface area contributed by atoms with Crippen molar-refractivity contribution in [1.29, 1.82) is 0 Å². The molecule has 0 spiro atoms. The molecule has 14 heteroatoms. The molecule has 1 aliphatic rings. The van der Waals surface area contributed by atoms with Gasteiger partial charge in [-0.05, 0) is 0 Å². The molecule has 0 unspecified atom stereocenters. The van der Waals surface area contributed by atoms with Gasteiger partial charge in [-0.15, -0.1) is 11.3 Å². The summed E-state index contributed by atoms with van der Waals surface area (Å²) in [6.45, 7) is 6.84. The van der Waals surface area contributed by atoms with Crippen molar-refractivity contribution in [3.63, 3.8) is 0 Å². The normalized spacial score (nSPS) is 12.3. The van der Waals surface area contributed by atoms with E-state index in [-0.39, 0.29) is 5.91 Å². The van der Waals surface area contributed by atoms with Gasteiger partial charge in [0.2, 0.25) is 5.89 Å². The summed E-state index contributed by atoms with van der Waals surface area (Å²) >= 11 is 1.64. The fraction of sp³-hybridized carbons (Fsp3) is 0.450. The van der Waals surface area contributed by atoms with Crippen LogP contribution in [0.1, 0.15) is 41.9 Å². The van der Waals surface area contributed by atoms with Crippen molar-refractivity contribution in [1.82, 2.24) is 30.0 Å². The van der Waals surface area contributed by atoms with Gasteiger partial charge in [-0.3, -0.25) is 14.4 Å². The fourth-order valence-corrected chi connectivity index (χ4v) is 3.61. The minimum atomic E-state index is -0.833. The molecule has 0 aliphatic carbocycles. The number of hydrogen-bond donors (Lipinski definition) is 3. The topological polar surface area (TPSA) is 177 Å². The number of fused-ring (bicyclic) bond motifs is 1. The number of aliphatic carboxylic acids is 2. The Morgan fingerprint density at radius 1 is 1.15 bits per heavy atom. The summed E-state index contributed by atoms with van der Waals surface area (Å²) in [6.07, 6.45) is 4.96. The predicted molar refractivity (Wildman–Crippen MR) is 122 cm³/mol. The Balaban J connectivity index is 0.000000446. The third kappa shape index (κ3) is 8.97. The van der Waals surface area contributed by atoms with E-state index in [1.807, 2.05) is 17.8 Å². The van der Waals surface area contributed by atoms with Crippen LogP contribution in [0.25, 0.3) is 0 Å². The predicted octanol–water partition coefficient (Wildman–Crippen LogP) is 1.25. The Labute approximate surface area is 199 Å². The van der Waals surface area contributed by atoms with Gasteiger partial charge in [0, 0.05) is 77.6 Å². The molecule has 0 fully saturated rings. The van der Waals surface area contributed by atoms with Crippen LogP contribution < -0.4 is 10.2 Å². The Bertz CT molecular complexity index is 1030. The first-order valence-electron chi connectivity index (χ1n) is 10.3. The molecular formula is C20H27N7O6S. The van der Waals surface area contributed by atoms with E-state index in [0.29, 0.717) is 30.4 Å². The zero-order chi connectivity index (χ0) is 25.1. The molecule has 4 heterocycles. The number of carboxylic acid groups (broad SMARTS) is 2. The van der Waals surface area contributed by atoms with Crippen LogP contribution in [-0.4, -0.2) is 72.4 Å². The second-order valence-electron chi connectivity index (χ2n) is 7.06. The molecule has 3 aromatic heterocycles. The van der Waals surface area contributed by atoms with Crippen molar-refractivity contribution in [3.8, 4) is 0 Å². The molecule has 1 aliphatic heterocycles. The molecule has 0 bridgehead atoms. The molecule has 13 nitrogen and oxygen atoms in total. The van der Waals surface area contributed by atoms with Crippen LogP contribution in [0.15, 0.2) is 22.3 Å². The lowest BCUT2D eigenvalue weighted by Gasteiger charge is -2.18. The Morgan fingerprint density at radius 2 is 1.85 bits per heavy atom. The molecule has 34 heavy (non-hydrogen) atoms. The number of nitrogens with zero attached hydrogens (tertiary/aromatic N) is 6. The molecule has 3 N–H and O–H groups in total. The highest BCUT2D eigenvalue weighted by Crippen LogP contribution is 2.20. The van der Waals surface area contributed by atoms with Gasteiger partial charge < -0.3 is 29.5 Å². The summed E-state index contributed by atoms with van der Waals surface area (Å²) in [7, 11) is 0. The highest BCUT2D eigenvalue weighted by molar-refractivity contribution is 7.13. The van der Waals surface area contributed by atoms with E-state index in [1.165, 1.54) is 0 Å². The molecular weight excluding hydrogens is 466 g/mol. The zero-order valence-corrected chi connectivity index (χ0v) is 19.9. The third-order valence-electron chi connectivity index (χ3n) is 4.20. The summed E-state index contributed by atoms with van der Waals surface area (Å²) in [5, 5.41) is 24.5. The quantitative estimate of drug-likeness (QED) is 0.466. The highest BCUT2D eigenvalue weighted by Gasteiger charge is 2.20. The number of carbonyl (C=O) groups is 3. The average Bonchev–Trinajstić information content (AvgIpc) is 3.48. The second kappa shape index (κ2) is 13.0. The molecule has 4 rings (SSSR count). The lowest BCUT2D eigenvalue weighted by Crippen LogP contribution is -2.27. The van der Waals surface area contributed by atoms with Crippen LogP contribution in [0.4, 0.5) is 5.13 Å². The number of imidazole rings is 1. The fourth-order valence-electron chi connectivity index (χ4n) is 2.92. The van der Waals surface area contributed by atoms with Crippen molar-refractivity contribution in [2.75, 3.05) is 24.5 Å². The number of amides is 1. The van der Waals surface area contributed by atoms with Crippen LogP contribution in [0.3, 0.4) is 0 Å². The van der Waals surface area contributed by atoms with Crippen molar-refractivity contribution in [2.45, 2.75) is 40.2 Å². The number of carboxylic acids is 2. The standard InChI is InChI=1S/C16H19N7O2S.2C2H4O2/c1-11-19-13(21-25-11)2-4-17-15(24)12-10-23-8-7-22(6-3-14(23)20-12)16-18-5-9-26-16;2*1-2(3)4/h5,9-10H,2-4,6-8H2,1H3,(H,17,24);2*1H3,(H,3,4). The van der Waals surface area contributed by atoms with Crippen molar-refractivity contribution in [2.24, 2.45) is 0 Å². The van der Waals surface area contributed by atoms with Gasteiger partial charge >= 0.3 is 0 Å². The Kier molecular flexibility index (Phi) is 10.1. The first kappa shape index (κ1) is 26.4. The number of thiazole rings is 1. The number of carbonyl (C=O) groups excluding carboxylic acids is 1. The Morgan fingerprint density at radius 3 is 2.44 bits per heavy atom. The van der Waals surface area contributed by atoms with Crippen LogP contribution in [-0.2, 0) is 29.0 Å². The minimum absolute atomic E-state index is 0.178. The Hall–Kier alpha value is -3.81. The number of hydrogen-bond acceptors (Lipinski definition) is 10. The van der Waals surface area contributed by atoms with Crippen LogP contribution in [0.2, 0.25) is 0 Å². The summed E-state index contributed by atoms with van der Waals surface area (Å²) in [5.41, 5.74) is 0.451. The number of aromatic nitrogens is 5. The summed E-state index contributed by atoms with van der Waals surface area (Å²) in [5.74, 6) is 0.201. The first-order valence-corrected chi connectivity index (χ1v) is 11.2. The zero-order valence-electron chi connectivity index (χ0n) is 19.1. The van der Waals surface area contributed by atoms with E-state index < -0.39 is 11.9 Å². The lowest BCUT2D eigenvalue weighted by atomic mass is 10.3. The molecule has 0 radical (unpaired) electrons. The smallest absolute Gasteiger partial charge is 0.300 e. The lowest BCUT2D eigenvalue weighted by molar-refractivity contribution is -0.135. The van der Waals surface area contributed by atoms with Crippen LogP contribution in [0.5, 0.6) is 0 Å². The summed E-state index contributed by atoms with van der Waals surface area (Å²) in [6, 6.07) is 0. The van der Waals surface area contributed by atoms with E-state index in [0.717, 1.165) is 50.9 Å². The van der Waals surface area contributed by atoms with Gasteiger partial charge in [0.1, 0.15) is 11.5 Å². The van der Waals surface area contributed by atoms with E-state index in [2.05, 4.69) is 34.9 Å². The maximum Gasteiger partial charge on any atom is 0.300 e. The molecule has 3 aromatic rings. The highest BCUT2D eigenvalue weighted by atomic mass is 32.1. The van der Waals surface area contributed by atoms with Crippen molar-refractivity contribution < 1.29 is 29.1 Å². The van der Waals surface area contributed by atoms with Crippen LogP contribution >= 0.6 is 11.3 Å². The average molecular weight is 494 g/mol. The summed E-state index contributed by atoms with van der Waals surface area (Å²) in [4.78, 5) is 45.6. The van der Waals surface area contributed by atoms with Gasteiger partial charge in [-0.2, -0.15) is 4.98 Å². The van der Waals surface area contributed by atoms with Crippen molar-refractivity contribution >= 4 is 34.3 Å². The van der Waals surface area contributed by atoms with E-state index >= 15 is 0 Å². The van der Waals surface area contributed by atoms with Crippen LogP contribution in [0, 0.1) is 6.92 Å². The van der Waals surface area contributed by atoms with Gasteiger partial charge in [0.05, 0.1) is 0 Å². The second-order valence-corrected chi connectivity index (χ2v) is 7.93. The molecule has 0 atom stereocenters. The maximum atomic E-state index is 12.3. The SMILES string of the molecule is CC(=O)O.CC(=O)O.Cc1nc(CCNC(=O)c2cn3c(n2)CCN(c2nccs2)CC3)no1. The molecule has 0 saturated carbocycles. The van der Waals surface area contributed by atoms with Gasteiger partial charge in [0.25, 0.3) is 17.8 Å². The number of anilines is 1. The first-order chi connectivity index (χ1) is 16.2. The third-order valence-corrected chi connectivity index (χ3v) is 5.03. The van der Waals surface area contributed by atoms with Gasteiger partial charge in [-0.25, -0.2) is 9.97 Å². The minimum Gasteiger partial charge on any atom is -0.481 e. The van der Waals surface area contributed by atoms with E-state index in [1.54, 1.807) is 18.3 Å². The maximum absolute atomic E-state index is 12.3. The van der Waals surface area contributed by atoms with E-state index in [4.69, 9.17) is 24.3 Å². The molecule has 0 saturated heterocycles.